The molecule has 1 N–H and O–H groups in total. The SMILES string of the molecule is CCN1CC(Oc2ccc3c(c2)NCC3)C1. The van der Waals surface area contributed by atoms with Crippen molar-refractivity contribution in [1.29, 1.82) is 0 Å². The number of benzene rings is 1. The Labute approximate surface area is 96.4 Å². The number of likely N-dealkylation sites (tertiary alicyclic amines) is 1. The monoisotopic (exact) mass is 218 g/mol. The molecular formula is C13H18N2O. The van der Waals surface area contributed by atoms with E-state index in [2.05, 4.69) is 35.3 Å². The van der Waals surface area contributed by atoms with Crippen molar-refractivity contribution in [3.63, 3.8) is 0 Å². The van der Waals surface area contributed by atoms with E-state index in [4.69, 9.17) is 4.74 Å². The van der Waals surface area contributed by atoms with Crippen molar-refractivity contribution < 1.29 is 4.74 Å². The number of nitrogens with zero attached hydrogens (tertiary/aromatic N) is 1. The summed E-state index contributed by atoms with van der Waals surface area (Å²) in [5, 5.41) is 3.38. The first-order valence-electron chi connectivity index (χ1n) is 6.11. The lowest BCUT2D eigenvalue weighted by molar-refractivity contribution is 0.0239. The Morgan fingerprint density at radius 3 is 3.12 bits per heavy atom. The van der Waals surface area contributed by atoms with Gasteiger partial charge in [0.05, 0.1) is 0 Å². The van der Waals surface area contributed by atoms with Crippen molar-refractivity contribution >= 4 is 5.69 Å². The third-order valence-corrected chi connectivity index (χ3v) is 3.46. The normalized spacial score (nSPS) is 20.1. The van der Waals surface area contributed by atoms with Gasteiger partial charge in [0.15, 0.2) is 0 Å². The molecule has 0 aromatic heterocycles. The number of hydrogen-bond acceptors (Lipinski definition) is 3. The van der Waals surface area contributed by atoms with Crippen LogP contribution in [0.3, 0.4) is 0 Å². The Bertz CT molecular complexity index is 386. The zero-order valence-corrected chi connectivity index (χ0v) is 9.70. The summed E-state index contributed by atoms with van der Waals surface area (Å²) in [4.78, 5) is 2.39. The molecule has 0 spiro atoms. The summed E-state index contributed by atoms with van der Waals surface area (Å²) >= 11 is 0. The highest BCUT2D eigenvalue weighted by Crippen LogP contribution is 2.28. The Hall–Kier alpha value is -1.22. The van der Waals surface area contributed by atoms with Gasteiger partial charge in [-0.1, -0.05) is 13.0 Å². The fraction of sp³-hybridized carbons (Fsp3) is 0.538. The third-order valence-electron chi connectivity index (χ3n) is 3.46. The van der Waals surface area contributed by atoms with Crippen LogP contribution in [0.25, 0.3) is 0 Å². The summed E-state index contributed by atoms with van der Waals surface area (Å²) in [6.07, 6.45) is 1.53. The molecule has 0 atom stereocenters. The quantitative estimate of drug-likeness (QED) is 0.836. The van der Waals surface area contributed by atoms with Crippen LogP contribution >= 0.6 is 0 Å². The van der Waals surface area contributed by atoms with Crippen LogP contribution in [-0.2, 0) is 6.42 Å². The number of ether oxygens (including phenoxy) is 1. The highest BCUT2D eigenvalue weighted by atomic mass is 16.5. The smallest absolute Gasteiger partial charge is 0.124 e. The average molecular weight is 218 g/mol. The molecule has 1 aromatic rings. The molecule has 3 rings (SSSR count). The molecule has 16 heavy (non-hydrogen) atoms. The molecule has 0 bridgehead atoms. The summed E-state index contributed by atoms with van der Waals surface area (Å²) in [5.41, 5.74) is 2.67. The third kappa shape index (κ3) is 1.76. The number of nitrogens with one attached hydrogen (secondary N) is 1. The van der Waals surface area contributed by atoms with E-state index < -0.39 is 0 Å². The molecule has 2 aliphatic rings. The van der Waals surface area contributed by atoms with Crippen molar-refractivity contribution in [2.45, 2.75) is 19.4 Å². The second-order valence-corrected chi connectivity index (χ2v) is 4.59. The number of fused-ring (bicyclic) bond motifs is 1. The Morgan fingerprint density at radius 2 is 2.31 bits per heavy atom. The summed E-state index contributed by atoms with van der Waals surface area (Å²) in [6.45, 7) is 6.52. The van der Waals surface area contributed by atoms with Gasteiger partial charge in [-0.05, 0) is 24.6 Å². The molecule has 0 amide bonds. The molecule has 3 heteroatoms. The topological polar surface area (TPSA) is 24.5 Å². The molecule has 0 radical (unpaired) electrons. The standard InChI is InChI=1S/C13H18N2O/c1-2-15-8-12(9-15)16-11-4-3-10-5-6-14-13(10)7-11/h3-4,7,12,14H,2,5-6,8-9H2,1H3. The molecule has 0 aliphatic carbocycles. The second-order valence-electron chi connectivity index (χ2n) is 4.59. The Kier molecular flexibility index (Phi) is 2.48. The number of hydrogen-bond donors (Lipinski definition) is 1. The van der Waals surface area contributed by atoms with Gasteiger partial charge < -0.3 is 10.1 Å². The van der Waals surface area contributed by atoms with Crippen molar-refractivity contribution in [3.05, 3.63) is 23.8 Å². The van der Waals surface area contributed by atoms with E-state index >= 15 is 0 Å². The lowest BCUT2D eigenvalue weighted by Crippen LogP contribution is -2.53. The van der Waals surface area contributed by atoms with Gasteiger partial charge >= 0.3 is 0 Å². The van der Waals surface area contributed by atoms with Crippen LogP contribution in [0.1, 0.15) is 12.5 Å². The van der Waals surface area contributed by atoms with Crippen LogP contribution in [0, 0.1) is 0 Å². The van der Waals surface area contributed by atoms with Crippen molar-refractivity contribution in [2.24, 2.45) is 0 Å². The van der Waals surface area contributed by atoms with E-state index in [1.165, 1.54) is 11.3 Å². The minimum absolute atomic E-state index is 0.388. The summed E-state index contributed by atoms with van der Waals surface area (Å²) in [5.74, 6) is 1.01. The molecule has 2 heterocycles. The van der Waals surface area contributed by atoms with Gasteiger partial charge in [0, 0.05) is 31.4 Å². The number of rotatable bonds is 3. The zero-order valence-electron chi connectivity index (χ0n) is 9.70. The molecule has 1 aromatic carbocycles. The molecule has 0 unspecified atom stereocenters. The van der Waals surface area contributed by atoms with Crippen molar-refractivity contribution in [2.75, 3.05) is 31.5 Å². The fourth-order valence-corrected chi connectivity index (χ4v) is 2.39. The van der Waals surface area contributed by atoms with Crippen LogP contribution in [-0.4, -0.2) is 37.2 Å². The van der Waals surface area contributed by atoms with E-state index in [-0.39, 0.29) is 0 Å². The molecule has 0 saturated carbocycles. The lowest BCUT2D eigenvalue weighted by atomic mass is 10.1. The van der Waals surface area contributed by atoms with E-state index in [1.54, 1.807) is 0 Å². The van der Waals surface area contributed by atoms with Gasteiger partial charge in [0.2, 0.25) is 0 Å². The largest absolute Gasteiger partial charge is 0.488 e. The van der Waals surface area contributed by atoms with Gasteiger partial charge in [0.1, 0.15) is 11.9 Å². The summed E-state index contributed by atoms with van der Waals surface area (Å²) in [7, 11) is 0. The molecule has 1 fully saturated rings. The Morgan fingerprint density at radius 1 is 1.44 bits per heavy atom. The van der Waals surface area contributed by atoms with Crippen LogP contribution in [0.15, 0.2) is 18.2 Å². The van der Waals surface area contributed by atoms with Crippen LogP contribution < -0.4 is 10.1 Å². The van der Waals surface area contributed by atoms with Crippen LogP contribution in [0.4, 0.5) is 5.69 Å². The van der Waals surface area contributed by atoms with Gasteiger partial charge in [-0.3, -0.25) is 4.90 Å². The van der Waals surface area contributed by atoms with Gasteiger partial charge in [-0.25, -0.2) is 0 Å². The maximum absolute atomic E-state index is 5.93. The average Bonchev–Trinajstić information content (AvgIpc) is 2.69. The van der Waals surface area contributed by atoms with E-state index in [9.17, 15) is 0 Å². The van der Waals surface area contributed by atoms with Gasteiger partial charge in [0.25, 0.3) is 0 Å². The lowest BCUT2D eigenvalue weighted by Gasteiger charge is -2.38. The number of likely N-dealkylation sites (N-methyl/N-ethyl adjacent to an activating group) is 1. The predicted octanol–water partition coefficient (Wildman–Crippen LogP) is 1.74. The maximum Gasteiger partial charge on any atom is 0.124 e. The first-order valence-corrected chi connectivity index (χ1v) is 6.11. The summed E-state index contributed by atoms with van der Waals surface area (Å²) in [6, 6.07) is 6.41. The zero-order chi connectivity index (χ0) is 11.0. The first-order chi connectivity index (χ1) is 7.85. The minimum atomic E-state index is 0.388. The highest BCUT2D eigenvalue weighted by Gasteiger charge is 2.27. The van der Waals surface area contributed by atoms with E-state index in [1.807, 2.05) is 0 Å². The summed E-state index contributed by atoms with van der Waals surface area (Å²) < 4.78 is 5.93. The highest BCUT2D eigenvalue weighted by molar-refractivity contribution is 5.58. The minimum Gasteiger partial charge on any atom is -0.488 e. The van der Waals surface area contributed by atoms with Crippen LogP contribution in [0.2, 0.25) is 0 Å². The first kappa shape index (κ1) is 9.97. The second kappa shape index (κ2) is 3.98. The molecule has 3 nitrogen and oxygen atoms in total. The number of anilines is 1. The maximum atomic E-state index is 5.93. The van der Waals surface area contributed by atoms with Crippen molar-refractivity contribution in [3.8, 4) is 5.75 Å². The molecule has 2 aliphatic heterocycles. The molecule has 1 saturated heterocycles. The van der Waals surface area contributed by atoms with Crippen LogP contribution in [0.5, 0.6) is 5.75 Å². The predicted molar refractivity (Wildman–Crippen MR) is 65.2 cm³/mol. The van der Waals surface area contributed by atoms with Gasteiger partial charge in [-0.15, -0.1) is 0 Å². The van der Waals surface area contributed by atoms with Crippen molar-refractivity contribution in [1.82, 2.24) is 4.90 Å². The molecule has 86 valence electrons. The molecular weight excluding hydrogens is 200 g/mol. The Balaban J connectivity index is 1.63. The van der Waals surface area contributed by atoms with E-state index in [0.717, 1.165) is 38.3 Å². The van der Waals surface area contributed by atoms with E-state index in [0.29, 0.717) is 6.10 Å². The fourth-order valence-electron chi connectivity index (χ4n) is 2.39. The van der Waals surface area contributed by atoms with Gasteiger partial charge in [-0.2, -0.15) is 0 Å².